The molecule has 0 aliphatic heterocycles. The lowest BCUT2D eigenvalue weighted by molar-refractivity contribution is 0.0525. The zero-order valence-corrected chi connectivity index (χ0v) is 9.62. The van der Waals surface area contributed by atoms with E-state index in [0.717, 1.165) is 11.1 Å². The number of carbonyl (C=O) groups excluding carboxylic acids is 1. The summed E-state index contributed by atoms with van der Waals surface area (Å²) in [5.41, 5.74) is 2.55. The molecule has 0 radical (unpaired) electrons. The molecule has 1 rings (SSSR count). The van der Waals surface area contributed by atoms with Crippen LogP contribution in [0, 0.1) is 18.3 Å². The first-order valence-electron chi connectivity index (χ1n) is 5.32. The molecule has 0 aromatic heterocycles. The maximum atomic E-state index is 11.6. The van der Waals surface area contributed by atoms with Crippen LogP contribution >= 0.6 is 0 Å². The van der Waals surface area contributed by atoms with Gasteiger partial charge in [-0.3, -0.25) is 0 Å². The van der Waals surface area contributed by atoms with E-state index in [0.29, 0.717) is 25.0 Å². The summed E-state index contributed by atoms with van der Waals surface area (Å²) in [6, 6.07) is 7.66. The fourth-order valence-corrected chi connectivity index (χ4v) is 1.53. The van der Waals surface area contributed by atoms with Gasteiger partial charge in [0.1, 0.15) is 0 Å². The zero-order valence-electron chi connectivity index (χ0n) is 9.62. The van der Waals surface area contributed by atoms with Gasteiger partial charge in [0, 0.05) is 6.42 Å². The van der Waals surface area contributed by atoms with E-state index in [9.17, 15) is 4.79 Å². The number of nitriles is 1. The molecule has 16 heavy (non-hydrogen) atoms. The maximum absolute atomic E-state index is 11.6. The Morgan fingerprint density at radius 2 is 2.25 bits per heavy atom. The van der Waals surface area contributed by atoms with Gasteiger partial charge in [0.25, 0.3) is 0 Å². The lowest BCUT2D eigenvalue weighted by atomic mass is 10.0. The van der Waals surface area contributed by atoms with Crippen LogP contribution in [0.4, 0.5) is 0 Å². The van der Waals surface area contributed by atoms with Crippen molar-refractivity contribution in [1.29, 1.82) is 5.26 Å². The molecule has 84 valence electrons. The van der Waals surface area contributed by atoms with Gasteiger partial charge in [0.15, 0.2) is 0 Å². The van der Waals surface area contributed by atoms with Gasteiger partial charge in [-0.05, 0) is 31.9 Å². The minimum absolute atomic E-state index is 0.310. The average Bonchev–Trinajstić information content (AvgIpc) is 2.26. The van der Waals surface area contributed by atoms with E-state index in [1.807, 2.05) is 19.1 Å². The SMILES string of the molecule is CCOC(=O)c1ccc(C)cc1CCC#N. The summed E-state index contributed by atoms with van der Waals surface area (Å²) < 4.78 is 4.97. The third-order valence-electron chi connectivity index (χ3n) is 2.26. The molecule has 3 heteroatoms. The van der Waals surface area contributed by atoms with Crippen LogP contribution in [0.3, 0.4) is 0 Å². The smallest absolute Gasteiger partial charge is 0.338 e. The molecule has 0 spiro atoms. The summed E-state index contributed by atoms with van der Waals surface area (Å²) in [7, 11) is 0. The van der Waals surface area contributed by atoms with Crippen LogP contribution in [0.25, 0.3) is 0 Å². The largest absolute Gasteiger partial charge is 0.462 e. The van der Waals surface area contributed by atoms with Crippen LogP contribution < -0.4 is 0 Å². The van der Waals surface area contributed by atoms with E-state index in [2.05, 4.69) is 6.07 Å². The zero-order chi connectivity index (χ0) is 12.0. The van der Waals surface area contributed by atoms with Crippen LogP contribution in [0.2, 0.25) is 0 Å². The predicted molar refractivity (Wildman–Crippen MR) is 61.1 cm³/mol. The third-order valence-corrected chi connectivity index (χ3v) is 2.26. The predicted octanol–water partition coefficient (Wildman–Crippen LogP) is 2.63. The second-order valence-electron chi connectivity index (χ2n) is 3.54. The fourth-order valence-electron chi connectivity index (χ4n) is 1.53. The third kappa shape index (κ3) is 3.09. The van der Waals surface area contributed by atoms with Gasteiger partial charge in [-0.2, -0.15) is 5.26 Å². The number of ether oxygens (including phenoxy) is 1. The highest BCUT2D eigenvalue weighted by atomic mass is 16.5. The Morgan fingerprint density at radius 1 is 1.50 bits per heavy atom. The Kier molecular flexibility index (Phi) is 4.53. The van der Waals surface area contributed by atoms with Gasteiger partial charge in [0.05, 0.1) is 18.2 Å². The van der Waals surface area contributed by atoms with Crippen molar-refractivity contribution in [3.05, 3.63) is 34.9 Å². The Morgan fingerprint density at radius 3 is 2.88 bits per heavy atom. The number of carbonyl (C=O) groups is 1. The molecular weight excluding hydrogens is 202 g/mol. The first kappa shape index (κ1) is 12.3. The van der Waals surface area contributed by atoms with Crippen LogP contribution in [-0.2, 0) is 11.2 Å². The average molecular weight is 217 g/mol. The Labute approximate surface area is 95.7 Å². The topological polar surface area (TPSA) is 50.1 Å². The Bertz CT molecular complexity index is 418. The standard InChI is InChI=1S/C13H15NO2/c1-3-16-13(15)12-7-6-10(2)9-11(12)5-4-8-14/h6-7,9H,3-5H2,1-2H3. The van der Waals surface area contributed by atoms with Gasteiger partial charge < -0.3 is 4.74 Å². The van der Waals surface area contributed by atoms with Crippen molar-refractivity contribution in [2.75, 3.05) is 6.61 Å². The summed E-state index contributed by atoms with van der Waals surface area (Å²) in [4.78, 5) is 11.6. The lowest BCUT2D eigenvalue weighted by Gasteiger charge is -2.08. The molecule has 1 aromatic carbocycles. The number of hydrogen-bond acceptors (Lipinski definition) is 3. The quantitative estimate of drug-likeness (QED) is 0.728. The van der Waals surface area contributed by atoms with Gasteiger partial charge in [-0.15, -0.1) is 0 Å². The molecule has 0 aliphatic carbocycles. The van der Waals surface area contributed by atoms with E-state index in [4.69, 9.17) is 10.00 Å². The summed E-state index contributed by atoms with van der Waals surface area (Å²) in [5, 5.41) is 8.56. The normalized spacial score (nSPS) is 9.56. The number of aryl methyl sites for hydroxylation is 2. The van der Waals surface area contributed by atoms with Crippen molar-refractivity contribution in [2.45, 2.75) is 26.7 Å². The van der Waals surface area contributed by atoms with Crippen LogP contribution in [0.15, 0.2) is 18.2 Å². The number of nitrogens with zero attached hydrogens (tertiary/aromatic N) is 1. The molecule has 0 saturated carbocycles. The summed E-state index contributed by atoms with van der Waals surface area (Å²) in [6.07, 6.45) is 1.00. The Hall–Kier alpha value is -1.82. The molecule has 0 bridgehead atoms. The van der Waals surface area contributed by atoms with E-state index >= 15 is 0 Å². The second-order valence-corrected chi connectivity index (χ2v) is 3.54. The molecule has 1 aromatic rings. The summed E-state index contributed by atoms with van der Waals surface area (Å²) in [6.45, 7) is 4.11. The first-order chi connectivity index (χ1) is 7.69. The highest BCUT2D eigenvalue weighted by Crippen LogP contribution is 2.15. The summed E-state index contributed by atoms with van der Waals surface area (Å²) >= 11 is 0. The Balaban J connectivity index is 2.98. The number of rotatable bonds is 4. The van der Waals surface area contributed by atoms with E-state index in [-0.39, 0.29) is 5.97 Å². The molecule has 3 nitrogen and oxygen atoms in total. The van der Waals surface area contributed by atoms with Crippen LogP contribution in [-0.4, -0.2) is 12.6 Å². The van der Waals surface area contributed by atoms with E-state index in [1.54, 1.807) is 13.0 Å². The van der Waals surface area contributed by atoms with Crippen molar-refractivity contribution in [1.82, 2.24) is 0 Å². The number of esters is 1. The summed E-state index contributed by atoms with van der Waals surface area (Å²) in [5.74, 6) is -0.310. The molecule has 0 fully saturated rings. The number of hydrogen-bond donors (Lipinski definition) is 0. The van der Waals surface area contributed by atoms with Gasteiger partial charge in [0.2, 0.25) is 0 Å². The van der Waals surface area contributed by atoms with Crippen LogP contribution in [0.1, 0.15) is 34.8 Å². The monoisotopic (exact) mass is 217 g/mol. The molecule has 0 aliphatic rings. The molecular formula is C13H15NO2. The molecule has 0 atom stereocenters. The highest BCUT2D eigenvalue weighted by Gasteiger charge is 2.11. The number of benzene rings is 1. The van der Waals surface area contributed by atoms with Crippen molar-refractivity contribution in [2.24, 2.45) is 0 Å². The fraction of sp³-hybridized carbons (Fsp3) is 0.385. The van der Waals surface area contributed by atoms with E-state index < -0.39 is 0 Å². The molecule has 0 heterocycles. The van der Waals surface area contributed by atoms with Crippen molar-refractivity contribution in [3.63, 3.8) is 0 Å². The molecule has 0 N–H and O–H groups in total. The minimum atomic E-state index is -0.310. The molecule has 0 amide bonds. The molecule has 0 saturated heterocycles. The van der Waals surface area contributed by atoms with Crippen molar-refractivity contribution in [3.8, 4) is 6.07 Å². The highest BCUT2D eigenvalue weighted by molar-refractivity contribution is 5.91. The minimum Gasteiger partial charge on any atom is -0.462 e. The molecule has 0 unspecified atom stereocenters. The van der Waals surface area contributed by atoms with Crippen LogP contribution in [0.5, 0.6) is 0 Å². The van der Waals surface area contributed by atoms with Gasteiger partial charge in [-0.1, -0.05) is 17.7 Å². The first-order valence-corrected chi connectivity index (χ1v) is 5.32. The van der Waals surface area contributed by atoms with Crippen molar-refractivity contribution >= 4 is 5.97 Å². The van der Waals surface area contributed by atoms with Crippen molar-refractivity contribution < 1.29 is 9.53 Å². The van der Waals surface area contributed by atoms with Gasteiger partial charge in [-0.25, -0.2) is 4.79 Å². The second kappa shape index (κ2) is 5.92. The lowest BCUT2D eigenvalue weighted by Crippen LogP contribution is -2.08. The maximum Gasteiger partial charge on any atom is 0.338 e. The van der Waals surface area contributed by atoms with Gasteiger partial charge >= 0.3 is 5.97 Å². The van der Waals surface area contributed by atoms with E-state index in [1.165, 1.54) is 0 Å².